The van der Waals surface area contributed by atoms with E-state index in [1.54, 1.807) is 41.8 Å². The molecule has 1 fully saturated rings. The van der Waals surface area contributed by atoms with Crippen molar-refractivity contribution in [2.75, 3.05) is 0 Å². The van der Waals surface area contributed by atoms with Crippen LogP contribution >= 0.6 is 0 Å². The number of halogens is 3. The molecule has 0 spiro atoms. The first-order chi connectivity index (χ1) is 14.4. The highest BCUT2D eigenvalue weighted by Gasteiger charge is 2.49. The molecule has 0 N–H and O–H groups in total. The molecule has 0 radical (unpaired) electrons. The maximum atomic E-state index is 13.4. The molecule has 2 aromatic heterocycles. The van der Waals surface area contributed by atoms with Crippen LogP contribution < -0.4 is 0 Å². The second-order valence-electron chi connectivity index (χ2n) is 7.44. The van der Waals surface area contributed by atoms with Crippen LogP contribution in [0.3, 0.4) is 0 Å². The Kier molecular flexibility index (Phi) is 5.53. The maximum absolute atomic E-state index is 13.4. The van der Waals surface area contributed by atoms with Gasteiger partial charge in [-0.2, -0.15) is 13.2 Å². The summed E-state index contributed by atoms with van der Waals surface area (Å²) in [5.74, 6) is -1.01. The summed E-state index contributed by atoms with van der Waals surface area (Å²) in [5, 5.41) is 0. The lowest BCUT2D eigenvalue weighted by Gasteiger charge is -2.23. The SMILES string of the molecule is O=C(C1CC1c1ccccc1C(F)(F)F)N(Cc1ccncc1)Cc1cccnc1. The van der Waals surface area contributed by atoms with Crippen molar-refractivity contribution in [1.82, 2.24) is 14.9 Å². The van der Waals surface area contributed by atoms with Gasteiger partial charge in [-0.3, -0.25) is 14.8 Å². The zero-order valence-electron chi connectivity index (χ0n) is 16.1. The highest BCUT2D eigenvalue weighted by molar-refractivity contribution is 5.83. The average Bonchev–Trinajstić information content (AvgIpc) is 3.54. The summed E-state index contributed by atoms with van der Waals surface area (Å²) in [6, 6.07) is 12.9. The third kappa shape index (κ3) is 4.50. The van der Waals surface area contributed by atoms with Gasteiger partial charge in [0, 0.05) is 43.8 Å². The molecule has 1 aliphatic rings. The maximum Gasteiger partial charge on any atom is 0.416 e. The van der Waals surface area contributed by atoms with Crippen molar-refractivity contribution in [3.8, 4) is 0 Å². The van der Waals surface area contributed by atoms with Gasteiger partial charge in [-0.25, -0.2) is 0 Å². The van der Waals surface area contributed by atoms with E-state index in [-0.39, 0.29) is 11.5 Å². The van der Waals surface area contributed by atoms with E-state index in [1.807, 2.05) is 18.2 Å². The van der Waals surface area contributed by atoms with Crippen LogP contribution in [0.15, 0.2) is 73.3 Å². The molecule has 1 saturated carbocycles. The van der Waals surface area contributed by atoms with Crippen molar-refractivity contribution in [1.29, 1.82) is 0 Å². The number of nitrogens with zero attached hydrogens (tertiary/aromatic N) is 3. The highest BCUT2D eigenvalue weighted by atomic mass is 19.4. The summed E-state index contributed by atoms with van der Waals surface area (Å²) in [6.07, 6.45) is 2.65. The Morgan fingerprint density at radius 2 is 1.67 bits per heavy atom. The third-order valence-electron chi connectivity index (χ3n) is 5.30. The normalized spacial score (nSPS) is 18.1. The van der Waals surface area contributed by atoms with Crippen LogP contribution in [0.5, 0.6) is 0 Å². The Balaban J connectivity index is 1.56. The van der Waals surface area contributed by atoms with Gasteiger partial charge in [-0.15, -0.1) is 0 Å². The minimum Gasteiger partial charge on any atom is -0.334 e. The van der Waals surface area contributed by atoms with Crippen molar-refractivity contribution in [3.63, 3.8) is 0 Å². The average molecular weight is 411 g/mol. The van der Waals surface area contributed by atoms with E-state index < -0.39 is 23.6 Å². The zero-order chi connectivity index (χ0) is 21.1. The number of rotatable bonds is 6. The second-order valence-corrected chi connectivity index (χ2v) is 7.44. The van der Waals surface area contributed by atoms with E-state index in [2.05, 4.69) is 9.97 Å². The topological polar surface area (TPSA) is 46.1 Å². The van der Waals surface area contributed by atoms with Crippen LogP contribution in [0.25, 0.3) is 0 Å². The van der Waals surface area contributed by atoms with Crippen molar-refractivity contribution >= 4 is 5.91 Å². The largest absolute Gasteiger partial charge is 0.416 e. The Morgan fingerprint density at radius 3 is 2.37 bits per heavy atom. The van der Waals surface area contributed by atoms with Crippen molar-refractivity contribution in [2.24, 2.45) is 5.92 Å². The Labute approximate surface area is 172 Å². The minimum absolute atomic E-state index is 0.141. The third-order valence-corrected chi connectivity index (χ3v) is 5.30. The molecule has 4 nitrogen and oxygen atoms in total. The zero-order valence-corrected chi connectivity index (χ0v) is 16.1. The number of pyridine rings is 2. The van der Waals surface area contributed by atoms with E-state index in [4.69, 9.17) is 0 Å². The van der Waals surface area contributed by atoms with Crippen molar-refractivity contribution in [3.05, 3.63) is 95.6 Å². The molecular formula is C23H20F3N3O. The van der Waals surface area contributed by atoms with E-state index >= 15 is 0 Å². The lowest BCUT2D eigenvalue weighted by atomic mass is 10.0. The molecule has 7 heteroatoms. The van der Waals surface area contributed by atoms with Gasteiger partial charge in [0.1, 0.15) is 0 Å². The molecular weight excluding hydrogens is 391 g/mol. The summed E-state index contributed by atoms with van der Waals surface area (Å²) >= 11 is 0. The van der Waals surface area contributed by atoms with Gasteiger partial charge in [0.05, 0.1) is 5.56 Å². The second kappa shape index (κ2) is 8.26. The van der Waals surface area contributed by atoms with E-state index in [1.165, 1.54) is 12.1 Å². The molecule has 0 aliphatic heterocycles. The predicted octanol–water partition coefficient (Wildman–Crippen LogP) is 4.83. The smallest absolute Gasteiger partial charge is 0.334 e. The fourth-order valence-electron chi connectivity index (χ4n) is 3.76. The number of hydrogen-bond donors (Lipinski definition) is 0. The van der Waals surface area contributed by atoms with Gasteiger partial charge in [-0.05, 0) is 53.3 Å². The number of carbonyl (C=O) groups is 1. The highest BCUT2D eigenvalue weighted by Crippen LogP contribution is 2.52. The van der Waals surface area contributed by atoms with Crippen molar-refractivity contribution < 1.29 is 18.0 Å². The van der Waals surface area contributed by atoms with Crippen LogP contribution in [0.2, 0.25) is 0 Å². The molecule has 1 amide bonds. The van der Waals surface area contributed by atoms with E-state index in [0.29, 0.717) is 19.5 Å². The van der Waals surface area contributed by atoms with Crippen LogP contribution in [0.1, 0.15) is 34.6 Å². The van der Waals surface area contributed by atoms with Gasteiger partial charge in [0.2, 0.25) is 5.91 Å². The Bertz CT molecular complexity index is 967. The monoisotopic (exact) mass is 411 g/mol. The summed E-state index contributed by atoms with van der Waals surface area (Å²) in [4.78, 5) is 23.0. The van der Waals surface area contributed by atoms with Crippen LogP contribution in [-0.4, -0.2) is 20.8 Å². The standard InChI is InChI=1S/C23H20F3N3O/c24-23(25,26)21-6-2-1-5-18(21)19-12-20(19)22(30)29(14-16-7-10-27-11-8-16)15-17-4-3-9-28-13-17/h1-11,13,19-20H,12,14-15H2. The number of carbonyl (C=O) groups excluding carboxylic acids is 1. The number of benzene rings is 1. The van der Waals surface area contributed by atoms with Crippen LogP contribution in [0, 0.1) is 5.92 Å². The Hall–Kier alpha value is -3.22. The van der Waals surface area contributed by atoms with Crippen LogP contribution in [0.4, 0.5) is 13.2 Å². The molecule has 2 heterocycles. The molecule has 0 bridgehead atoms. The Morgan fingerprint density at radius 1 is 0.933 bits per heavy atom. The lowest BCUT2D eigenvalue weighted by Crippen LogP contribution is -2.32. The summed E-state index contributed by atoms with van der Waals surface area (Å²) in [5.41, 5.74) is 1.33. The van der Waals surface area contributed by atoms with Crippen molar-refractivity contribution in [2.45, 2.75) is 31.6 Å². The first-order valence-electron chi connectivity index (χ1n) is 9.66. The fourth-order valence-corrected chi connectivity index (χ4v) is 3.76. The first-order valence-corrected chi connectivity index (χ1v) is 9.66. The molecule has 2 unspecified atom stereocenters. The van der Waals surface area contributed by atoms with Gasteiger partial charge in [-0.1, -0.05) is 24.3 Å². The van der Waals surface area contributed by atoms with Gasteiger partial charge >= 0.3 is 6.18 Å². The number of hydrogen-bond acceptors (Lipinski definition) is 3. The van der Waals surface area contributed by atoms with E-state index in [9.17, 15) is 18.0 Å². The molecule has 30 heavy (non-hydrogen) atoms. The summed E-state index contributed by atoms with van der Waals surface area (Å²) < 4.78 is 40.2. The van der Waals surface area contributed by atoms with Gasteiger partial charge in [0.25, 0.3) is 0 Å². The summed E-state index contributed by atoms with van der Waals surface area (Å²) in [7, 11) is 0. The molecule has 1 aliphatic carbocycles. The molecule has 3 aromatic rings. The number of alkyl halides is 3. The van der Waals surface area contributed by atoms with E-state index in [0.717, 1.165) is 17.2 Å². The quantitative estimate of drug-likeness (QED) is 0.584. The molecule has 4 rings (SSSR count). The molecule has 1 aromatic carbocycles. The summed E-state index contributed by atoms with van der Waals surface area (Å²) in [6.45, 7) is 0.708. The molecule has 154 valence electrons. The van der Waals surface area contributed by atoms with Gasteiger partial charge in [0.15, 0.2) is 0 Å². The fraction of sp³-hybridized carbons (Fsp3) is 0.261. The molecule has 0 saturated heterocycles. The number of amides is 1. The first kappa shape index (κ1) is 20.1. The minimum atomic E-state index is -4.43. The predicted molar refractivity (Wildman–Crippen MR) is 105 cm³/mol. The number of aromatic nitrogens is 2. The molecule has 2 atom stereocenters. The lowest BCUT2D eigenvalue weighted by molar-refractivity contribution is -0.139. The van der Waals surface area contributed by atoms with Crippen LogP contribution in [-0.2, 0) is 24.1 Å². The van der Waals surface area contributed by atoms with Gasteiger partial charge < -0.3 is 4.90 Å².